The number of hydrogen-bond acceptors (Lipinski definition) is 3. The monoisotopic (exact) mass is 237 g/mol. The van der Waals surface area contributed by atoms with Crippen LogP contribution in [-0.2, 0) is 0 Å². The molecule has 0 aliphatic carbocycles. The van der Waals surface area contributed by atoms with Gasteiger partial charge in [0.2, 0.25) is 0 Å². The molecule has 0 aromatic carbocycles. The first-order valence-electron chi connectivity index (χ1n) is 5.22. The average Bonchev–Trinajstić information content (AvgIpc) is 2.43. The van der Waals surface area contributed by atoms with Gasteiger partial charge in [-0.15, -0.1) is 13.2 Å². The van der Waals surface area contributed by atoms with Crippen molar-refractivity contribution in [1.82, 2.24) is 9.91 Å². The van der Waals surface area contributed by atoms with Crippen molar-refractivity contribution in [3.8, 4) is 0 Å². The number of alkyl halides is 3. The first-order chi connectivity index (χ1) is 7.05. The zero-order valence-corrected chi connectivity index (χ0v) is 10.2. The standard InChI is InChI=1S/C10H18F3N3/c1-7(2)16-8(9(3,4)5)15(6-14-16)10(11,12)13/h6-8H,1-5H3. The maximum atomic E-state index is 12.8. The van der Waals surface area contributed by atoms with Gasteiger partial charge in [-0.1, -0.05) is 20.8 Å². The maximum Gasteiger partial charge on any atom is 0.487 e. The van der Waals surface area contributed by atoms with Crippen LogP contribution in [0.1, 0.15) is 34.6 Å². The zero-order valence-electron chi connectivity index (χ0n) is 10.2. The van der Waals surface area contributed by atoms with Gasteiger partial charge in [0.15, 0.2) is 0 Å². The Kier molecular flexibility index (Phi) is 3.13. The van der Waals surface area contributed by atoms with Crippen molar-refractivity contribution >= 4 is 6.34 Å². The molecule has 0 aromatic rings. The first kappa shape index (κ1) is 13.1. The van der Waals surface area contributed by atoms with Crippen molar-refractivity contribution < 1.29 is 13.2 Å². The molecule has 6 heteroatoms. The lowest BCUT2D eigenvalue weighted by atomic mass is 9.90. The molecule has 0 aromatic heterocycles. The van der Waals surface area contributed by atoms with Crippen LogP contribution in [0, 0.1) is 5.41 Å². The third-order valence-electron chi connectivity index (χ3n) is 2.42. The molecule has 0 saturated carbocycles. The summed E-state index contributed by atoms with van der Waals surface area (Å²) in [6.07, 6.45) is -4.30. The van der Waals surface area contributed by atoms with Gasteiger partial charge >= 0.3 is 6.30 Å². The number of rotatable bonds is 1. The minimum atomic E-state index is -4.38. The van der Waals surface area contributed by atoms with Crippen LogP contribution in [0.4, 0.5) is 13.2 Å². The summed E-state index contributed by atoms with van der Waals surface area (Å²) in [4.78, 5) is 0.368. The molecule has 0 radical (unpaired) electrons. The summed E-state index contributed by atoms with van der Waals surface area (Å²) < 4.78 is 38.4. The Morgan fingerprint density at radius 1 is 1.19 bits per heavy atom. The summed E-state index contributed by atoms with van der Waals surface area (Å²) in [6.45, 7) is 8.99. The SMILES string of the molecule is CC(C)N1N=CN(C(F)(F)F)C1C(C)(C)C. The Hall–Kier alpha value is -0.940. The minimum Gasteiger partial charge on any atom is -0.270 e. The molecular formula is C10H18F3N3. The maximum absolute atomic E-state index is 12.8. The molecule has 1 aliphatic heterocycles. The molecule has 94 valence electrons. The molecule has 1 rings (SSSR count). The van der Waals surface area contributed by atoms with Gasteiger partial charge in [0.1, 0.15) is 12.5 Å². The molecule has 16 heavy (non-hydrogen) atoms. The molecule has 0 saturated heterocycles. The lowest BCUT2D eigenvalue weighted by Gasteiger charge is -2.41. The Morgan fingerprint density at radius 2 is 1.69 bits per heavy atom. The van der Waals surface area contributed by atoms with Crippen LogP contribution >= 0.6 is 0 Å². The lowest BCUT2D eigenvalue weighted by molar-refractivity contribution is -0.248. The molecule has 0 fully saturated rings. The van der Waals surface area contributed by atoms with E-state index in [1.807, 2.05) is 13.8 Å². The summed E-state index contributed by atoms with van der Waals surface area (Å²) in [5.41, 5.74) is -0.531. The van der Waals surface area contributed by atoms with Crippen LogP contribution in [0.5, 0.6) is 0 Å². The van der Waals surface area contributed by atoms with Crippen LogP contribution in [0.2, 0.25) is 0 Å². The normalized spacial score (nSPS) is 22.4. The Labute approximate surface area is 93.9 Å². The van der Waals surface area contributed by atoms with Gasteiger partial charge in [0.25, 0.3) is 0 Å². The van der Waals surface area contributed by atoms with E-state index in [-0.39, 0.29) is 6.04 Å². The van der Waals surface area contributed by atoms with Crippen LogP contribution in [0.15, 0.2) is 5.10 Å². The molecule has 0 spiro atoms. The summed E-state index contributed by atoms with van der Waals surface area (Å²) in [5.74, 6) is 0. The second-order valence-corrected chi connectivity index (χ2v) is 5.32. The predicted octanol–water partition coefficient (Wildman–Crippen LogP) is 2.85. The average molecular weight is 237 g/mol. The second-order valence-electron chi connectivity index (χ2n) is 5.32. The predicted molar refractivity (Wildman–Crippen MR) is 56.6 cm³/mol. The van der Waals surface area contributed by atoms with Crippen molar-refractivity contribution in [2.75, 3.05) is 0 Å². The van der Waals surface area contributed by atoms with E-state index in [2.05, 4.69) is 5.10 Å². The van der Waals surface area contributed by atoms with E-state index >= 15 is 0 Å². The fraction of sp³-hybridized carbons (Fsp3) is 0.900. The quantitative estimate of drug-likeness (QED) is 0.653. The number of nitrogens with zero attached hydrogens (tertiary/aromatic N) is 3. The third kappa shape index (κ3) is 2.41. The zero-order chi connectivity index (χ0) is 12.7. The minimum absolute atomic E-state index is 0.0622. The van der Waals surface area contributed by atoms with Gasteiger partial charge in [0, 0.05) is 11.5 Å². The van der Waals surface area contributed by atoms with E-state index in [1.54, 1.807) is 20.8 Å². The summed E-state index contributed by atoms with van der Waals surface area (Å²) in [5, 5.41) is 5.34. The molecule has 3 nitrogen and oxygen atoms in total. The van der Waals surface area contributed by atoms with E-state index in [1.165, 1.54) is 5.01 Å². The third-order valence-corrected chi connectivity index (χ3v) is 2.42. The van der Waals surface area contributed by atoms with Crippen molar-refractivity contribution in [2.24, 2.45) is 10.5 Å². The molecule has 0 bridgehead atoms. The van der Waals surface area contributed by atoms with Gasteiger partial charge in [-0.25, -0.2) is 4.90 Å². The van der Waals surface area contributed by atoms with E-state index in [0.29, 0.717) is 4.90 Å². The van der Waals surface area contributed by atoms with Crippen LogP contribution in [0.3, 0.4) is 0 Å². The highest BCUT2D eigenvalue weighted by atomic mass is 19.4. The number of hydrazone groups is 1. The van der Waals surface area contributed by atoms with E-state index in [0.717, 1.165) is 6.34 Å². The number of halogens is 3. The topological polar surface area (TPSA) is 18.8 Å². The first-order valence-corrected chi connectivity index (χ1v) is 5.22. The highest BCUT2D eigenvalue weighted by Crippen LogP contribution is 2.37. The highest BCUT2D eigenvalue weighted by molar-refractivity contribution is 5.58. The molecule has 1 unspecified atom stereocenters. The summed E-state index contributed by atoms with van der Waals surface area (Å²) in [6, 6.07) is -0.0622. The summed E-state index contributed by atoms with van der Waals surface area (Å²) >= 11 is 0. The Morgan fingerprint density at radius 3 is 2.00 bits per heavy atom. The van der Waals surface area contributed by atoms with Crippen molar-refractivity contribution in [1.29, 1.82) is 0 Å². The van der Waals surface area contributed by atoms with E-state index < -0.39 is 17.9 Å². The van der Waals surface area contributed by atoms with Gasteiger partial charge < -0.3 is 0 Å². The molecule has 1 aliphatic rings. The van der Waals surface area contributed by atoms with Gasteiger partial charge in [-0.2, -0.15) is 5.10 Å². The lowest BCUT2D eigenvalue weighted by Crippen LogP contribution is -2.55. The molecule has 0 amide bonds. The Balaban J connectivity index is 3.03. The Bertz CT molecular complexity index is 278. The van der Waals surface area contributed by atoms with Crippen LogP contribution in [-0.4, -0.2) is 34.8 Å². The van der Waals surface area contributed by atoms with Crippen molar-refractivity contribution in [3.63, 3.8) is 0 Å². The fourth-order valence-corrected chi connectivity index (χ4v) is 1.80. The van der Waals surface area contributed by atoms with Gasteiger partial charge in [0.05, 0.1) is 0 Å². The largest absolute Gasteiger partial charge is 0.487 e. The highest BCUT2D eigenvalue weighted by Gasteiger charge is 2.50. The smallest absolute Gasteiger partial charge is 0.270 e. The van der Waals surface area contributed by atoms with Gasteiger partial charge in [-0.3, -0.25) is 5.01 Å². The van der Waals surface area contributed by atoms with Crippen molar-refractivity contribution in [2.45, 2.75) is 53.1 Å². The molecular weight excluding hydrogens is 219 g/mol. The number of hydrogen-bond donors (Lipinski definition) is 0. The van der Waals surface area contributed by atoms with Crippen LogP contribution in [0.25, 0.3) is 0 Å². The van der Waals surface area contributed by atoms with E-state index in [4.69, 9.17) is 0 Å². The van der Waals surface area contributed by atoms with Crippen molar-refractivity contribution in [3.05, 3.63) is 0 Å². The fourth-order valence-electron chi connectivity index (χ4n) is 1.80. The van der Waals surface area contributed by atoms with Crippen LogP contribution < -0.4 is 0 Å². The van der Waals surface area contributed by atoms with Gasteiger partial charge in [-0.05, 0) is 13.8 Å². The summed E-state index contributed by atoms with van der Waals surface area (Å²) in [7, 11) is 0. The van der Waals surface area contributed by atoms with E-state index in [9.17, 15) is 13.2 Å². The second kappa shape index (κ2) is 3.82. The molecule has 0 N–H and O–H groups in total. The molecule has 1 atom stereocenters. The molecule has 1 heterocycles.